The Morgan fingerprint density at radius 1 is 1.09 bits per heavy atom. The summed E-state index contributed by atoms with van der Waals surface area (Å²) in [5.74, 6) is -1.38. The van der Waals surface area contributed by atoms with Gasteiger partial charge in [-0.1, -0.05) is 19.1 Å². The van der Waals surface area contributed by atoms with Gasteiger partial charge in [-0.3, -0.25) is 4.79 Å². The molecule has 2 aromatic rings. The molecule has 1 saturated heterocycles. The Hall–Kier alpha value is -2.54. The Labute approximate surface area is 192 Å². The number of anilines is 1. The van der Waals surface area contributed by atoms with E-state index < -0.39 is 17.0 Å². The van der Waals surface area contributed by atoms with Crippen molar-refractivity contribution >= 4 is 11.6 Å². The second-order valence-electron chi connectivity index (χ2n) is 9.95. The van der Waals surface area contributed by atoms with E-state index in [9.17, 15) is 18.0 Å². The smallest absolute Gasteiger partial charge is 0.221 e. The van der Waals surface area contributed by atoms with Crippen LogP contribution in [0.25, 0.3) is 0 Å². The quantitative estimate of drug-likeness (QED) is 0.648. The van der Waals surface area contributed by atoms with Crippen LogP contribution in [0, 0.1) is 23.4 Å². The summed E-state index contributed by atoms with van der Waals surface area (Å²) >= 11 is 0. The predicted molar refractivity (Wildman–Crippen MR) is 121 cm³/mol. The van der Waals surface area contributed by atoms with Crippen LogP contribution in [-0.4, -0.2) is 36.5 Å². The van der Waals surface area contributed by atoms with Gasteiger partial charge < -0.3 is 15.5 Å². The van der Waals surface area contributed by atoms with Gasteiger partial charge in [-0.05, 0) is 74.0 Å². The molecule has 2 atom stereocenters. The molecule has 2 heterocycles. The molecule has 2 N–H and O–H groups in total. The topological polar surface area (TPSA) is 44.4 Å². The monoisotopic (exact) mass is 457 g/mol. The van der Waals surface area contributed by atoms with Crippen molar-refractivity contribution in [3.8, 4) is 0 Å². The third-order valence-corrected chi connectivity index (χ3v) is 7.93. The van der Waals surface area contributed by atoms with Gasteiger partial charge in [0.15, 0.2) is 0 Å². The summed E-state index contributed by atoms with van der Waals surface area (Å²) in [6.07, 6.45) is 4.39. The van der Waals surface area contributed by atoms with Crippen molar-refractivity contribution in [3.05, 3.63) is 65.0 Å². The van der Waals surface area contributed by atoms with Crippen molar-refractivity contribution < 1.29 is 18.0 Å². The SMILES string of the molecule is CC1(C2CC(NC(=O)CCN3CCCC3)C2)c2cc(F)cc(F)c2NC1c1ccc(F)cc1. The van der Waals surface area contributed by atoms with Crippen molar-refractivity contribution in [1.82, 2.24) is 10.2 Å². The van der Waals surface area contributed by atoms with E-state index >= 15 is 0 Å². The molecule has 1 amide bonds. The average molecular weight is 458 g/mol. The Balaban J connectivity index is 1.32. The van der Waals surface area contributed by atoms with Gasteiger partial charge in [0.05, 0.1) is 11.7 Å². The molecule has 7 heteroatoms. The van der Waals surface area contributed by atoms with Crippen LogP contribution in [0.2, 0.25) is 0 Å². The molecule has 2 aromatic carbocycles. The minimum absolute atomic E-state index is 0.0626. The van der Waals surface area contributed by atoms with Crippen LogP contribution in [0.5, 0.6) is 0 Å². The van der Waals surface area contributed by atoms with E-state index in [1.807, 2.05) is 6.92 Å². The molecule has 1 saturated carbocycles. The fourth-order valence-corrected chi connectivity index (χ4v) is 5.93. The molecule has 33 heavy (non-hydrogen) atoms. The zero-order valence-electron chi connectivity index (χ0n) is 18.8. The molecule has 5 rings (SSSR count). The van der Waals surface area contributed by atoms with E-state index in [0.29, 0.717) is 17.7 Å². The third kappa shape index (κ3) is 4.12. The Kier molecular flexibility index (Phi) is 5.85. The van der Waals surface area contributed by atoms with Crippen LogP contribution < -0.4 is 10.6 Å². The molecule has 1 aliphatic carbocycles. The van der Waals surface area contributed by atoms with Crippen molar-refractivity contribution in [1.29, 1.82) is 0 Å². The van der Waals surface area contributed by atoms with Gasteiger partial charge in [0.25, 0.3) is 0 Å². The summed E-state index contributed by atoms with van der Waals surface area (Å²) in [7, 11) is 0. The number of amides is 1. The second-order valence-corrected chi connectivity index (χ2v) is 9.95. The van der Waals surface area contributed by atoms with Gasteiger partial charge >= 0.3 is 0 Å². The highest BCUT2D eigenvalue weighted by molar-refractivity contribution is 5.76. The zero-order chi connectivity index (χ0) is 23.2. The highest BCUT2D eigenvalue weighted by atomic mass is 19.1. The summed E-state index contributed by atoms with van der Waals surface area (Å²) in [6.45, 7) is 4.96. The number of fused-ring (bicyclic) bond motifs is 1. The van der Waals surface area contributed by atoms with Crippen LogP contribution in [0.15, 0.2) is 36.4 Å². The van der Waals surface area contributed by atoms with E-state index in [1.165, 1.54) is 31.0 Å². The molecule has 0 spiro atoms. The van der Waals surface area contributed by atoms with E-state index in [0.717, 1.165) is 44.1 Å². The fourth-order valence-electron chi connectivity index (χ4n) is 5.93. The first-order valence-electron chi connectivity index (χ1n) is 11.9. The number of hydrogen-bond donors (Lipinski definition) is 2. The number of likely N-dealkylation sites (tertiary alicyclic amines) is 1. The fraction of sp³-hybridized carbons (Fsp3) is 0.500. The maximum absolute atomic E-state index is 14.7. The van der Waals surface area contributed by atoms with E-state index in [1.54, 1.807) is 12.1 Å². The molecule has 0 radical (unpaired) electrons. The van der Waals surface area contributed by atoms with Crippen molar-refractivity contribution in [3.63, 3.8) is 0 Å². The molecular weight excluding hydrogens is 427 g/mol. The number of hydrogen-bond acceptors (Lipinski definition) is 3. The lowest BCUT2D eigenvalue weighted by Gasteiger charge is -2.48. The number of carbonyl (C=O) groups excluding carboxylic acids is 1. The van der Waals surface area contributed by atoms with Crippen molar-refractivity contribution in [2.24, 2.45) is 5.92 Å². The Bertz CT molecular complexity index is 1030. The van der Waals surface area contributed by atoms with Crippen LogP contribution in [-0.2, 0) is 10.2 Å². The highest BCUT2D eigenvalue weighted by Crippen LogP contribution is 2.58. The number of rotatable bonds is 6. The molecular formula is C26H30F3N3O. The first-order chi connectivity index (χ1) is 15.8. The average Bonchev–Trinajstić information content (AvgIpc) is 3.37. The van der Waals surface area contributed by atoms with E-state index in [2.05, 4.69) is 15.5 Å². The van der Waals surface area contributed by atoms with Crippen LogP contribution in [0.4, 0.5) is 18.9 Å². The van der Waals surface area contributed by atoms with Crippen LogP contribution in [0.3, 0.4) is 0 Å². The lowest BCUT2D eigenvalue weighted by molar-refractivity contribution is -0.123. The van der Waals surface area contributed by atoms with Gasteiger partial charge in [0, 0.05) is 30.5 Å². The van der Waals surface area contributed by atoms with E-state index in [-0.39, 0.29) is 29.7 Å². The molecule has 3 aliphatic rings. The standard InChI is InChI=1S/C26H30F3N3O/c1-26(17-12-20(13-17)30-23(33)8-11-32-9-2-3-10-32)21-14-19(28)15-22(29)24(21)31-25(26)16-4-6-18(27)7-5-16/h4-7,14-15,17,20,25,31H,2-3,8-13H2,1H3,(H,30,33). The lowest BCUT2D eigenvalue weighted by atomic mass is 9.58. The summed E-state index contributed by atoms with van der Waals surface area (Å²) in [6, 6.07) is 8.22. The summed E-state index contributed by atoms with van der Waals surface area (Å²) in [5.41, 5.74) is 1.16. The summed E-state index contributed by atoms with van der Waals surface area (Å²) < 4.78 is 42.4. The minimum atomic E-state index is -0.619. The van der Waals surface area contributed by atoms with Gasteiger partial charge in [-0.2, -0.15) is 0 Å². The molecule has 0 bridgehead atoms. The van der Waals surface area contributed by atoms with E-state index in [4.69, 9.17) is 0 Å². The molecule has 4 nitrogen and oxygen atoms in total. The molecule has 0 aromatic heterocycles. The Morgan fingerprint density at radius 3 is 2.48 bits per heavy atom. The first-order valence-corrected chi connectivity index (χ1v) is 11.9. The maximum Gasteiger partial charge on any atom is 0.221 e. The van der Waals surface area contributed by atoms with Crippen LogP contribution in [0.1, 0.15) is 56.2 Å². The number of halogens is 3. The normalized spacial score (nSPS) is 28.8. The van der Waals surface area contributed by atoms with Crippen molar-refractivity contribution in [2.75, 3.05) is 25.0 Å². The Morgan fingerprint density at radius 2 is 1.79 bits per heavy atom. The van der Waals surface area contributed by atoms with Gasteiger partial charge in [-0.15, -0.1) is 0 Å². The largest absolute Gasteiger partial charge is 0.375 e. The molecule has 176 valence electrons. The minimum Gasteiger partial charge on any atom is -0.375 e. The van der Waals surface area contributed by atoms with Crippen molar-refractivity contribution in [2.45, 2.75) is 56.5 Å². The molecule has 2 fully saturated rings. The molecule has 2 unspecified atom stereocenters. The number of nitrogens with zero attached hydrogens (tertiary/aromatic N) is 1. The van der Waals surface area contributed by atoms with Gasteiger partial charge in [0.1, 0.15) is 17.5 Å². The number of carbonyl (C=O) groups is 1. The third-order valence-electron chi connectivity index (χ3n) is 7.93. The molecule has 2 aliphatic heterocycles. The number of benzene rings is 2. The second kappa shape index (κ2) is 8.67. The van der Waals surface area contributed by atoms with Gasteiger partial charge in [0.2, 0.25) is 5.91 Å². The number of nitrogens with one attached hydrogen (secondary N) is 2. The predicted octanol–water partition coefficient (Wildman–Crippen LogP) is 4.91. The van der Waals surface area contributed by atoms with Gasteiger partial charge in [-0.25, -0.2) is 13.2 Å². The maximum atomic E-state index is 14.7. The summed E-state index contributed by atoms with van der Waals surface area (Å²) in [5, 5.41) is 6.39. The lowest BCUT2D eigenvalue weighted by Crippen LogP contribution is -2.52. The highest BCUT2D eigenvalue weighted by Gasteiger charge is 2.54. The van der Waals surface area contributed by atoms with Crippen LogP contribution >= 0.6 is 0 Å². The summed E-state index contributed by atoms with van der Waals surface area (Å²) in [4.78, 5) is 14.8. The zero-order valence-corrected chi connectivity index (χ0v) is 18.8. The first kappa shape index (κ1) is 22.3.